The van der Waals surface area contributed by atoms with E-state index in [1.54, 1.807) is 0 Å². The third-order valence-corrected chi connectivity index (χ3v) is 1.81. The molecule has 0 fully saturated rings. The second-order valence-corrected chi connectivity index (χ2v) is 2.73. The minimum Gasteiger partial charge on any atom is -0.369 e. The number of nitrogens with two attached hydrogens (primary N) is 1. The van der Waals surface area contributed by atoms with E-state index in [-0.39, 0.29) is 23.0 Å². The summed E-state index contributed by atoms with van der Waals surface area (Å²) in [6.45, 7) is 1.32. The summed E-state index contributed by atoms with van der Waals surface area (Å²) in [7, 11) is 0. The molecule has 0 unspecified atom stereocenters. The Hall–Kier alpha value is -2.18. The van der Waals surface area contributed by atoms with Crippen LogP contribution < -0.4 is 11.3 Å². The molecule has 72 valence electrons. The zero-order chi connectivity index (χ0) is 10.3. The minimum atomic E-state index is -0.521. The molecule has 0 spiro atoms. The molecule has 0 aliphatic carbocycles. The van der Waals surface area contributed by atoms with E-state index in [1.807, 2.05) is 0 Å². The Morgan fingerprint density at radius 1 is 1.64 bits per heavy atom. The highest BCUT2D eigenvalue weighted by molar-refractivity contribution is 5.88. The molecule has 2 aromatic rings. The summed E-state index contributed by atoms with van der Waals surface area (Å²) in [6.07, 6.45) is 1.31. The monoisotopic (exact) mass is 193 g/mol. The van der Waals surface area contributed by atoms with Gasteiger partial charge in [-0.05, 0) is 0 Å². The normalized spacial score (nSPS) is 10.6. The molecule has 14 heavy (non-hydrogen) atoms. The number of aromatic amines is 1. The van der Waals surface area contributed by atoms with E-state index in [2.05, 4.69) is 15.0 Å². The average molecular weight is 193 g/mol. The first-order valence-corrected chi connectivity index (χ1v) is 3.84. The molecule has 0 amide bonds. The number of nitrogen functional groups attached to an aromatic ring is 1. The molecule has 7 heteroatoms. The number of hydrogen-bond donors (Lipinski definition) is 2. The fourth-order valence-electron chi connectivity index (χ4n) is 1.24. The van der Waals surface area contributed by atoms with Crippen LogP contribution in [-0.2, 0) is 0 Å². The molecule has 0 aliphatic heterocycles. The van der Waals surface area contributed by atoms with Gasteiger partial charge in [0.25, 0.3) is 0 Å². The molecular formula is C7H7N5O2. The SMILES string of the molecule is CC(=O)n1c(N)nc(=O)c2[nH]cnc21. The van der Waals surface area contributed by atoms with Crippen molar-refractivity contribution in [1.29, 1.82) is 0 Å². The van der Waals surface area contributed by atoms with Gasteiger partial charge in [-0.25, -0.2) is 9.55 Å². The first kappa shape index (κ1) is 8.42. The zero-order valence-corrected chi connectivity index (χ0v) is 7.31. The smallest absolute Gasteiger partial charge is 0.300 e. The quantitative estimate of drug-likeness (QED) is 0.578. The Balaban J connectivity index is 3.01. The van der Waals surface area contributed by atoms with Crippen LogP contribution in [0.5, 0.6) is 0 Å². The van der Waals surface area contributed by atoms with Crippen LogP contribution >= 0.6 is 0 Å². The number of rotatable bonds is 0. The number of hydrogen-bond acceptors (Lipinski definition) is 5. The standard InChI is InChI=1S/C7H7N5O2/c1-3(13)12-5-4(9-2-10-5)6(14)11-7(12)8/h2H,1H3,(H,9,10)(H2,8,11,14). The lowest BCUT2D eigenvalue weighted by Gasteiger charge is -2.03. The molecule has 0 aliphatic rings. The predicted octanol–water partition coefficient (Wildman–Crippen LogP) is -0.638. The van der Waals surface area contributed by atoms with Gasteiger partial charge < -0.3 is 10.7 Å². The maximum atomic E-state index is 11.2. The van der Waals surface area contributed by atoms with E-state index in [1.165, 1.54) is 13.3 Å². The van der Waals surface area contributed by atoms with E-state index in [9.17, 15) is 9.59 Å². The van der Waals surface area contributed by atoms with Crippen LogP contribution in [0.2, 0.25) is 0 Å². The van der Waals surface area contributed by atoms with Gasteiger partial charge in [-0.2, -0.15) is 4.98 Å². The molecule has 2 heterocycles. The Labute approximate surface area is 77.6 Å². The topological polar surface area (TPSA) is 107 Å². The van der Waals surface area contributed by atoms with Gasteiger partial charge in [-0.15, -0.1) is 0 Å². The van der Waals surface area contributed by atoms with Gasteiger partial charge in [0.05, 0.1) is 6.33 Å². The summed E-state index contributed by atoms with van der Waals surface area (Å²) in [5, 5.41) is 0. The summed E-state index contributed by atoms with van der Waals surface area (Å²) >= 11 is 0. The van der Waals surface area contributed by atoms with Gasteiger partial charge in [0.1, 0.15) is 0 Å². The number of imidazole rings is 1. The maximum Gasteiger partial charge on any atom is 0.300 e. The minimum absolute atomic E-state index is 0.151. The van der Waals surface area contributed by atoms with Crippen LogP contribution in [0.1, 0.15) is 11.7 Å². The summed E-state index contributed by atoms with van der Waals surface area (Å²) in [5.74, 6) is -0.491. The van der Waals surface area contributed by atoms with Gasteiger partial charge >= 0.3 is 5.56 Å². The Morgan fingerprint density at radius 2 is 2.36 bits per heavy atom. The largest absolute Gasteiger partial charge is 0.369 e. The first-order chi connectivity index (χ1) is 6.61. The van der Waals surface area contributed by atoms with Crippen molar-refractivity contribution in [2.75, 3.05) is 5.73 Å². The predicted molar refractivity (Wildman–Crippen MR) is 48.9 cm³/mol. The van der Waals surface area contributed by atoms with Crippen LogP contribution in [0.3, 0.4) is 0 Å². The van der Waals surface area contributed by atoms with Crippen molar-refractivity contribution in [3.05, 3.63) is 16.7 Å². The number of nitrogens with one attached hydrogen (secondary N) is 1. The van der Waals surface area contributed by atoms with Crippen molar-refractivity contribution >= 4 is 23.0 Å². The summed E-state index contributed by atoms with van der Waals surface area (Å²) < 4.78 is 1.08. The van der Waals surface area contributed by atoms with Gasteiger partial charge in [0.2, 0.25) is 11.9 Å². The highest BCUT2D eigenvalue weighted by atomic mass is 16.2. The number of aromatic nitrogens is 4. The lowest BCUT2D eigenvalue weighted by Crippen LogP contribution is -2.21. The summed E-state index contributed by atoms with van der Waals surface area (Å²) in [6, 6.07) is 0. The lowest BCUT2D eigenvalue weighted by atomic mass is 10.5. The van der Waals surface area contributed by atoms with E-state index >= 15 is 0 Å². The number of H-pyrrole nitrogens is 1. The van der Waals surface area contributed by atoms with Crippen molar-refractivity contribution in [3.63, 3.8) is 0 Å². The average Bonchev–Trinajstić information content (AvgIpc) is 2.51. The van der Waals surface area contributed by atoms with Crippen molar-refractivity contribution in [1.82, 2.24) is 19.5 Å². The van der Waals surface area contributed by atoms with Gasteiger partial charge in [-0.3, -0.25) is 9.59 Å². The zero-order valence-electron chi connectivity index (χ0n) is 7.31. The molecule has 0 saturated heterocycles. The number of fused-ring (bicyclic) bond motifs is 1. The van der Waals surface area contributed by atoms with E-state index < -0.39 is 5.56 Å². The van der Waals surface area contributed by atoms with Crippen molar-refractivity contribution < 1.29 is 4.79 Å². The molecule has 0 bridgehead atoms. The maximum absolute atomic E-state index is 11.2. The molecule has 0 radical (unpaired) electrons. The molecule has 2 rings (SSSR count). The van der Waals surface area contributed by atoms with Crippen LogP contribution in [0, 0.1) is 0 Å². The van der Waals surface area contributed by atoms with Crippen LogP contribution in [-0.4, -0.2) is 25.4 Å². The molecule has 7 nitrogen and oxygen atoms in total. The van der Waals surface area contributed by atoms with Gasteiger partial charge in [0.15, 0.2) is 11.2 Å². The van der Waals surface area contributed by atoms with Crippen molar-refractivity contribution in [2.24, 2.45) is 0 Å². The number of anilines is 1. The molecule has 0 saturated carbocycles. The first-order valence-electron chi connectivity index (χ1n) is 3.84. The lowest BCUT2D eigenvalue weighted by molar-refractivity contribution is 0.0942. The molecular weight excluding hydrogens is 186 g/mol. The number of carbonyl (C=O) groups excluding carboxylic acids is 1. The Kier molecular flexibility index (Phi) is 1.60. The van der Waals surface area contributed by atoms with Crippen LogP contribution in [0.15, 0.2) is 11.1 Å². The second kappa shape index (κ2) is 2.66. The highest BCUT2D eigenvalue weighted by Gasteiger charge is 2.12. The van der Waals surface area contributed by atoms with Gasteiger partial charge in [-0.1, -0.05) is 0 Å². The third kappa shape index (κ3) is 0.987. The highest BCUT2D eigenvalue weighted by Crippen LogP contribution is 2.07. The van der Waals surface area contributed by atoms with E-state index in [4.69, 9.17) is 5.73 Å². The van der Waals surface area contributed by atoms with Crippen molar-refractivity contribution in [2.45, 2.75) is 6.92 Å². The molecule has 0 atom stereocenters. The summed E-state index contributed by atoms with van der Waals surface area (Å²) in [5.41, 5.74) is 5.28. The third-order valence-electron chi connectivity index (χ3n) is 1.81. The molecule has 2 aromatic heterocycles. The fourth-order valence-corrected chi connectivity index (χ4v) is 1.24. The van der Waals surface area contributed by atoms with Crippen LogP contribution in [0.4, 0.5) is 5.95 Å². The Bertz CT molecular complexity index is 567. The fraction of sp³-hybridized carbons (Fsp3) is 0.143. The Morgan fingerprint density at radius 3 is 3.00 bits per heavy atom. The summed E-state index contributed by atoms with van der Waals surface area (Å²) in [4.78, 5) is 32.3. The van der Waals surface area contributed by atoms with Crippen LogP contribution in [0.25, 0.3) is 11.2 Å². The number of carbonyl (C=O) groups is 1. The van der Waals surface area contributed by atoms with E-state index in [0.29, 0.717) is 0 Å². The molecule has 0 aromatic carbocycles. The number of nitrogens with zero attached hydrogens (tertiary/aromatic N) is 3. The second-order valence-electron chi connectivity index (χ2n) is 2.73. The molecule has 3 N–H and O–H groups in total. The van der Waals surface area contributed by atoms with E-state index in [0.717, 1.165) is 4.57 Å². The van der Waals surface area contributed by atoms with Gasteiger partial charge in [0, 0.05) is 6.92 Å². The van der Waals surface area contributed by atoms with Crippen molar-refractivity contribution in [3.8, 4) is 0 Å².